The molecule has 1 N–H and O–H groups in total. The molecule has 0 aromatic heterocycles. The number of hydrogen-bond donors (Lipinski definition) is 1. The van der Waals surface area contributed by atoms with Gasteiger partial charge >= 0.3 is 0 Å². The first-order valence-electron chi connectivity index (χ1n) is 10.9. The summed E-state index contributed by atoms with van der Waals surface area (Å²) in [6.07, 6.45) is 2.25. The summed E-state index contributed by atoms with van der Waals surface area (Å²) in [6.45, 7) is 6.05. The zero-order valence-electron chi connectivity index (χ0n) is 19.5. The van der Waals surface area contributed by atoms with Crippen LogP contribution >= 0.6 is 15.9 Å². The number of amides is 2. The van der Waals surface area contributed by atoms with Gasteiger partial charge in [0.25, 0.3) is 0 Å². The smallest absolute Gasteiger partial charge is 0.244 e. The Morgan fingerprint density at radius 1 is 1.06 bits per heavy atom. The van der Waals surface area contributed by atoms with Crippen LogP contribution in [-0.4, -0.2) is 50.5 Å². The number of benzene rings is 2. The number of halogens is 1. The maximum atomic E-state index is 13.6. The lowest BCUT2D eigenvalue weighted by Crippen LogP contribution is -2.52. The number of aryl methyl sites for hydroxylation is 1. The highest BCUT2D eigenvalue weighted by atomic mass is 79.9. The number of rotatable bonds is 11. The largest absolute Gasteiger partial charge is 0.354 e. The molecule has 0 aliphatic heterocycles. The van der Waals surface area contributed by atoms with Gasteiger partial charge in [-0.1, -0.05) is 50.2 Å². The van der Waals surface area contributed by atoms with Crippen LogP contribution in [0.5, 0.6) is 0 Å². The second-order valence-electron chi connectivity index (χ2n) is 7.88. The maximum Gasteiger partial charge on any atom is 0.244 e. The van der Waals surface area contributed by atoms with E-state index in [1.165, 1.54) is 4.90 Å². The summed E-state index contributed by atoms with van der Waals surface area (Å²) < 4.78 is 26.9. The third-order valence-electron chi connectivity index (χ3n) is 5.34. The molecule has 1 atom stereocenters. The summed E-state index contributed by atoms with van der Waals surface area (Å²) in [6, 6.07) is 13.8. The highest BCUT2D eigenvalue weighted by molar-refractivity contribution is 9.10. The van der Waals surface area contributed by atoms with Gasteiger partial charge in [-0.3, -0.25) is 13.9 Å². The molecule has 0 bridgehead atoms. The van der Waals surface area contributed by atoms with Gasteiger partial charge in [-0.25, -0.2) is 8.42 Å². The summed E-state index contributed by atoms with van der Waals surface area (Å²) in [4.78, 5) is 28.0. The molecule has 0 aliphatic carbocycles. The molecule has 0 radical (unpaired) electrons. The Labute approximate surface area is 205 Å². The van der Waals surface area contributed by atoms with E-state index in [9.17, 15) is 18.0 Å². The minimum Gasteiger partial charge on any atom is -0.354 e. The highest BCUT2D eigenvalue weighted by Gasteiger charge is 2.32. The average molecular weight is 539 g/mol. The van der Waals surface area contributed by atoms with Gasteiger partial charge in [-0.05, 0) is 59.0 Å². The van der Waals surface area contributed by atoms with E-state index in [-0.39, 0.29) is 12.5 Å². The van der Waals surface area contributed by atoms with Crippen molar-refractivity contribution in [3.05, 3.63) is 64.1 Å². The molecule has 2 aromatic carbocycles. The van der Waals surface area contributed by atoms with Crippen LogP contribution in [0.2, 0.25) is 0 Å². The van der Waals surface area contributed by atoms with E-state index in [0.717, 1.165) is 28.1 Å². The zero-order valence-corrected chi connectivity index (χ0v) is 21.9. The van der Waals surface area contributed by atoms with Gasteiger partial charge < -0.3 is 10.2 Å². The van der Waals surface area contributed by atoms with Crippen molar-refractivity contribution in [2.75, 3.05) is 23.7 Å². The molecule has 0 aliphatic rings. The first-order chi connectivity index (χ1) is 15.6. The van der Waals surface area contributed by atoms with Gasteiger partial charge in [0, 0.05) is 17.6 Å². The molecule has 0 fully saturated rings. The molecular weight excluding hydrogens is 506 g/mol. The molecule has 0 saturated carbocycles. The second-order valence-corrected chi connectivity index (χ2v) is 10.6. The van der Waals surface area contributed by atoms with Crippen LogP contribution in [0.15, 0.2) is 53.0 Å². The highest BCUT2D eigenvalue weighted by Crippen LogP contribution is 2.28. The van der Waals surface area contributed by atoms with Crippen LogP contribution in [-0.2, 0) is 26.2 Å². The third kappa shape index (κ3) is 7.30. The van der Waals surface area contributed by atoms with Crippen molar-refractivity contribution in [1.82, 2.24) is 10.2 Å². The Kier molecular flexibility index (Phi) is 9.91. The van der Waals surface area contributed by atoms with Crippen molar-refractivity contribution in [2.24, 2.45) is 0 Å². The molecule has 2 aromatic rings. The number of anilines is 1. The minimum absolute atomic E-state index is 0.205. The van der Waals surface area contributed by atoms with E-state index in [0.29, 0.717) is 23.1 Å². The summed E-state index contributed by atoms with van der Waals surface area (Å²) in [5, 5.41) is 2.87. The topological polar surface area (TPSA) is 86.8 Å². The monoisotopic (exact) mass is 537 g/mol. The number of para-hydroxylation sites is 1. The van der Waals surface area contributed by atoms with Crippen molar-refractivity contribution in [3.8, 4) is 0 Å². The van der Waals surface area contributed by atoms with Gasteiger partial charge in [0.1, 0.15) is 12.6 Å². The molecule has 0 spiro atoms. The third-order valence-corrected chi connectivity index (χ3v) is 7.13. The molecule has 9 heteroatoms. The summed E-state index contributed by atoms with van der Waals surface area (Å²) in [7, 11) is -3.76. The Morgan fingerprint density at radius 3 is 2.27 bits per heavy atom. The van der Waals surface area contributed by atoms with Gasteiger partial charge in [0.15, 0.2) is 0 Å². The number of nitrogens with zero attached hydrogens (tertiary/aromatic N) is 2. The fourth-order valence-electron chi connectivity index (χ4n) is 3.51. The summed E-state index contributed by atoms with van der Waals surface area (Å²) >= 11 is 3.38. The zero-order chi connectivity index (χ0) is 24.6. The quantitative estimate of drug-likeness (QED) is 0.471. The lowest BCUT2D eigenvalue weighted by Gasteiger charge is -2.33. The molecule has 180 valence electrons. The Bertz CT molecular complexity index is 1070. The van der Waals surface area contributed by atoms with E-state index < -0.39 is 28.5 Å². The van der Waals surface area contributed by atoms with Crippen LogP contribution in [0.4, 0.5) is 5.69 Å². The lowest BCUT2D eigenvalue weighted by atomic mass is 10.1. The van der Waals surface area contributed by atoms with E-state index in [2.05, 4.69) is 21.2 Å². The van der Waals surface area contributed by atoms with E-state index in [1.54, 1.807) is 24.3 Å². The van der Waals surface area contributed by atoms with Crippen molar-refractivity contribution >= 4 is 43.5 Å². The molecule has 7 nitrogen and oxygen atoms in total. The van der Waals surface area contributed by atoms with Gasteiger partial charge in [-0.2, -0.15) is 0 Å². The maximum absolute atomic E-state index is 13.6. The van der Waals surface area contributed by atoms with Gasteiger partial charge in [0.2, 0.25) is 21.8 Å². The van der Waals surface area contributed by atoms with Crippen molar-refractivity contribution in [3.63, 3.8) is 0 Å². The molecule has 0 heterocycles. The first kappa shape index (κ1) is 26.9. The molecule has 2 amide bonds. The lowest BCUT2D eigenvalue weighted by molar-refractivity contribution is -0.140. The number of carbonyl (C=O) groups is 2. The Hall–Kier alpha value is -2.39. The SMILES string of the molecule is CCCNC(=O)[C@@H](CC)N(Cc1ccccc1C)C(=O)CN(c1ccccc1Br)S(C)(=O)=O. The van der Waals surface area contributed by atoms with Crippen molar-refractivity contribution < 1.29 is 18.0 Å². The minimum atomic E-state index is -3.76. The first-order valence-corrected chi connectivity index (χ1v) is 13.6. The van der Waals surface area contributed by atoms with Crippen LogP contribution in [0.25, 0.3) is 0 Å². The number of sulfonamides is 1. The van der Waals surface area contributed by atoms with Crippen LogP contribution in [0.3, 0.4) is 0 Å². The fourth-order valence-corrected chi connectivity index (χ4v) is 4.98. The molecule has 33 heavy (non-hydrogen) atoms. The van der Waals surface area contributed by atoms with Crippen LogP contribution in [0.1, 0.15) is 37.8 Å². The molecular formula is C24H32BrN3O4S. The average Bonchev–Trinajstić information content (AvgIpc) is 2.76. The van der Waals surface area contributed by atoms with Crippen molar-refractivity contribution in [1.29, 1.82) is 0 Å². The Morgan fingerprint density at radius 2 is 1.70 bits per heavy atom. The van der Waals surface area contributed by atoms with Crippen LogP contribution < -0.4 is 9.62 Å². The van der Waals surface area contributed by atoms with E-state index in [1.807, 2.05) is 45.0 Å². The molecule has 0 unspecified atom stereocenters. The van der Waals surface area contributed by atoms with E-state index >= 15 is 0 Å². The summed E-state index contributed by atoms with van der Waals surface area (Å²) in [5.74, 6) is -0.689. The Balaban J connectivity index is 2.45. The number of carbonyl (C=O) groups excluding carboxylic acids is 2. The van der Waals surface area contributed by atoms with E-state index in [4.69, 9.17) is 0 Å². The summed E-state index contributed by atoms with van der Waals surface area (Å²) in [5.41, 5.74) is 2.26. The molecule has 2 rings (SSSR count). The fraction of sp³-hybridized carbons (Fsp3) is 0.417. The molecule has 0 saturated heterocycles. The van der Waals surface area contributed by atoms with Gasteiger partial charge in [-0.15, -0.1) is 0 Å². The van der Waals surface area contributed by atoms with Crippen LogP contribution in [0, 0.1) is 6.92 Å². The van der Waals surface area contributed by atoms with Gasteiger partial charge in [0.05, 0.1) is 11.9 Å². The predicted molar refractivity (Wildman–Crippen MR) is 135 cm³/mol. The number of hydrogen-bond acceptors (Lipinski definition) is 4. The normalized spacial score (nSPS) is 12.2. The number of nitrogens with one attached hydrogen (secondary N) is 1. The standard InChI is InChI=1S/C24H32BrN3O4S/c1-5-15-26-24(30)21(6-2)27(16-19-12-8-7-11-18(19)3)23(29)17-28(33(4,31)32)22-14-10-9-13-20(22)25/h7-14,21H,5-6,15-17H2,1-4H3,(H,26,30)/t21-/m1/s1. The second kappa shape index (κ2) is 12.2. The van der Waals surface area contributed by atoms with Crippen molar-refractivity contribution in [2.45, 2.75) is 46.2 Å². The predicted octanol–water partition coefficient (Wildman–Crippen LogP) is 3.86.